The van der Waals surface area contributed by atoms with Crippen LogP contribution in [0.25, 0.3) is 0 Å². The molecule has 0 aliphatic rings. The molecule has 0 spiro atoms. The molecule has 0 amide bonds. The lowest BCUT2D eigenvalue weighted by Gasteiger charge is -2.17. The van der Waals surface area contributed by atoms with Crippen molar-refractivity contribution < 1.29 is 13.2 Å². The summed E-state index contributed by atoms with van der Waals surface area (Å²) in [5.74, 6) is 3.03. The fourth-order valence-electron chi connectivity index (χ4n) is 1.93. The van der Waals surface area contributed by atoms with Gasteiger partial charge in [-0.3, -0.25) is 11.3 Å². The summed E-state index contributed by atoms with van der Waals surface area (Å²) in [6, 6.07) is 9.26. The summed E-state index contributed by atoms with van der Waals surface area (Å²) < 4.78 is 40.4. The van der Waals surface area contributed by atoms with E-state index in [1.807, 2.05) is 0 Å². The first-order chi connectivity index (χ1) is 9.13. The van der Waals surface area contributed by atoms with Gasteiger partial charge in [0.1, 0.15) is 5.82 Å². The molecule has 2 aromatic carbocycles. The predicted octanol–water partition coefficient (Wildman–Crippen LogP) is 2.85. The van der Waals surface area contributed by atoms with Gasteiger partial charge < -0.3 is 0 Å². The molecule has 100 valence electrons. The molecule has 0 heterocycles. The highest BCUT2D eigenvalue weighted by molar-refractivity contribution is 5.26. The molecule has 0 aliphatic heterocycles. The van der Waals surface area contributed by atoms with E-state index in [0.717, 1.165) is 6.07 Å². The molecule has 0 aliphatic carbocycles. The second kappa shape index (κ2) is 5.86. The van der Waals surface area contributed by atoms with E-state index in [1.165, 1.54) is 18.2 Å². The van der Waals surface area contributed by atoms with Crippen molar-refractivity contribution in [3.63, 3.8) is 0 Å². The summed E-state index contributed by atoms with van der Waals surface area (Å²) in [7, 11) is 0. The quantitative estimate of drug-likeness (QED) is 0.659. The standard InChI is InChI=1S/C14H13F3N2/c15-11-6-2-1-4-9(11)8-13(19-18)10-5-3-7-12(16)14(10)17/h1-7,13,19H,8,18H2. The molecule has 0 bridgehead atoms. The van der Waals surface area contributed by atoms with Gasteiger partial charge in [0.05, 0.1) is 6.04 Å². The van der Waals surface area contributed by atoms with Gasteiger partial charge in [-0.15, -0.1) is 0 Å². The monoisotopic (exact) mass is 266 g/mol. The Bertz CT molecular complexity index is 572. The normalized spacial score (nSPS) is 12.4. The van der Waals surface area contributed by atoms with Gasteiger partial charge in [-0.25, -0.2) is 13.2 Å². The largest absolute Gasteiger partial charge is 0.271 e. The van der Waals surface area contributed by atoms with Gasteiger partial charge in [-0.2, -0.15) is 0 Å². The number of hydrogen-bond donors (Lipinski definition) is 2. The Morgan fingerprint density at radius 1 is 0.947 bits per heavy atom. The first-order valence-electron chi connectivity index (χ1n) is 5.77. The van der Waals surface area contributed by atoms with Crippen molar-refractivity contribution >= 4 is 0 Å². The van der Waals surface area contributed by atoms with Crippen LogP contribution in [0.15, 0.2) is 42.5 Å². The second-order valence-corrected chi connectivity index (χ2v) is 4.16. The van der Waals surface area contributed by atoms with E-state index < -0.39 is 23.5 Å². The van der Waals surface area contributed by atoms with Crippen LogP contribution in [0.2, 0.25) is 0 Å². The smallest absolute Gasteiger partial charge is 0.163 e. The molecule has 5 heteroatoms. The van der Waals surface area contributed by atoms with Gasteiger partial charge in [-0.1, -0.05) is 30.3 Å². The third-order valence-corrected chi connectivity index (χ3v) is 2.94. The van der Waals surface area contributed by atoms with Crippen LogP contribution in [-0.4, -0.2) is 0 Å². The number of hydrazine groups is 1. The van der Waals surface area contributed by atoms with Gasteiger partial charge in [0, 0.05) is 5.56 Å². The molecule has 0 aromatic heterocycles. The van der Waals surface area contributed by atoms with E-state index in [4.69, 9.17) is 5.84 Å². The van der Waals surface area contributed by atoms with E-state index in [0.29, 0.717) is 5.56 Å². The zero-order valence-corrected chi connectivity index (χ0v) is 10.0. The van der Waals surface area contributed by atoms with Crippen molar-refractivity contribution in [1.29, 1.82) is 0 Å². The van der Waals surface area contributed by atoms with Crippen LogP contribution in [0.5, 0.6) is 0 Å². The van der Waals surface area contributed by atoms with Crippen LogP contribution >= 0.6 is 0 Å². The van der Waals surface area contributed by atoms with Crippen molar-refractivity contribution in [3.05, 3.63) is 71.0 Å². The average molecular weight is 266 g/mol. The fraction of sp³-hybridized carbons (Fsp3) is 0.143. The fourth-order valence-corrected chi connectivity index (χ4v) is 1.93. The van der Waals surface area contributed by atoms with Crippen LogP contribution in [0.1, 0.15) is 17.2 Å². The summed E-state index contributed by atoms with van der Waals surface area (Å²) in [4.78, 5) is 0. The number of benzene rings is 2. The average Bonchev–Trinajstić information content (AvgIpc) is 2.41. The Hall–Kier alpha value is -1.85. The van der Waals surface area contributed by atoms with Crippen molar-refractivity contribution in [2.45, 2.75) is 12.5 Å². The van der Waals surface area contributed by atoms with Crippen molar-refractivity contribution in [2.75, 3.05) is 0 Å². The second-order valence-electron chi connectivity index (χ2n) is 4.16. The van der Waals surface area contributed by atoms with Crippen LogP contribution in [0.3, 0.4) is 0 Å². The molecule has 0 saturated heterocycles. The van der Waals surface area contributed by atoms with Crippen LogP contribution in [-0.2, 0) is 6.42 Å². The van der Waals surface area contributed by atoms with E-state index >= 15 is 0 Å². The Balaban J connectivity index is 2.31. The molecule has 0 radical (unpaired) electrons. The summed E-state index contributed by atoms with van der Waals surface area (Å²) >= 11 is 0. The van der Waals surface area contributed by atoms with E-state index in [1.54, 1.807) is 18.2 Å². The minimum Gasteiger partial charge on any atom is -0.271 e. The lowest BCUT2D eigenvalue weighted by Crippen LogP contribution is -2.30. The van der Waals surface area contributed by atoms with E-state index in [-0.39, 0.29) is 12.0 Å². The zero-order chi connectivity index (χ0) is 13.8. The minimum absolute atomic E-state index is 0.0748. The van der Waals surface area contributed by atoms with Gasteiger partial charge >= 0.3 is 0 Å². The summed E-state index contributed by atoms with van der Waals surface area (Å²) in [5.41, 5.74) is 2.85. The highest BCUT2D eigenvalue weighted by Gasteiger charge is 2.18. The summed E-state index contributed by atoms with van der Waals surface area (Å²) in [6.07, 6.45) is 0.129. The molecular weight excluding hydrogens is 253 g/mol. The maximum absolute atomic E-state index is 13.7. The zero-order valence-electron chi connectivity index (χ0n) is 10.0. The Morgan fingerprint density at radius 3 is 2.32 bits per heavy atom. The van der Waals surface area contributed by atoms with Crippen molar-refractivity contribution in [2.24, 2.45) is 5.84 Å². The highest BCUT2D eigenvalue weighted by Crippen LogP contribution is 2.23. The van der Waals surface area contributed by atoms with Crippen molar-refractivity contribution in [3.8, 4) is 0 Å². The molecule has 1 atom stereocenters. The van der Waals surface area contributed by atoms with Gasteiger partial charge in [0.15, 0.2) is 11.6 Å². The molecule has 2 aromatic rings. The number of nitrogens with one attached hydrogen (secondary N) is 1. The lowest BCUT2D eigenvalue weighted by atomic mass is 9.98. The van der Waals surface area contributed by atoms with Gasteiger partial charge in [-0.05, 0) is 24.1 Å². The number of rotatable bonds is 4. The summed E-state index contributed by atoms with van der Waals surface area (Å²) in [6.45, 7) is 0. The Labute approximate surface area is 109 Å². The van der Waals surface area contributed by atoms with Gasteiger partial charge in [0.25, 0.3) is 0 Å². The lowest BCUT2D eigenvalue weighted by molar-refractivity contribution is 0.460. The van der Waals surface area contributed by atoms with Crippen LogP contribution < -0.4 is 11.3 Å². The summed E-state index contributed by atoms with van der Waals surface area (Å²) in [5, 5.41) is 0. The number of hydrogen-bond acceptors (Lipinski definition) is 2. The van der Waals surface area contributed by atoms with E-state index in [2.05, 4.69) is 5.43 Å². The third-order valence-electron chi connectivity index (χ3n) is 2.94. The minimum atomic E-state index is -0.971. The molecule has 0 saturated carbocycles. The number of halogens is 3. The molecule has 19 heavy (non-hydrogen) atoms. The topological polar surface area (TPSA) is 38.0 Å². The van der Waals surface area contributed by atoms with E-state index in [9.17, 15) is 13.2 Å². The molecular formula is C14H13F3N2. The van der Waals surface area contributed by atoms with Crippen LogP contribution in [0.4, 0.5) is 13.2 Å². The SMILES string of the molecule is NNC(Cc1ccccc1F)c1cccc(F)c1F. The first kappa shape index (κ1) is 13.6. The van der Waals surface area contributed by atoms with Crippen molar-refractivity contribution in [1.82, 2.24) is 5.43 Å². The molecule has 1 unspecified atom stereocenters. The Kier molecular flexibility index (Phi) is 4.19. The third kappa shape index (κ3) is 2.94. The molecule has 2 nitrogen and oxygen atoms in total. The van der Waals surface area contributed by atoms with Crippen LogP contribution in [0, 0.1) is 17.5 Å². The predicted molar refractivity (Wildman–Crippen MR) is 66.5 cm³/mol. The number of nitrogens with two attached hydrogens (primary N) is 1. The molecule has 2 rings (SSSR count). The van der Waals surface area contributed by atoms with Gasteiger partial charge in [0.2, 0.25) is 0 Å². The molecule has 3 N–H and O–H groups in total. The highest BCUT2D eigenvalue weighted by atomic mass is 19.2. The maximum Gasteiger partial charge on any atom is 0.163 e. The first-order valence-corrected chi connectivity index (χ1v) is 5.77. The maximum atomic E-state index is 13.7. The Morgan fingerprint density at radius 2 is 1.63 bits per heavy atom. The molecule has 0 fully saturated rings.